The number of thiazole rings is 1. The van der Waals surface area contributed by atoms with Crippen LogP contribution in [0.25, 0.3) is 21.6 Å². The van der Waals surface area contributed by atoms with Gasteiger partial charge in [0.1, 0.15) is 23.7 Å². The second-order valence-corrected chi connectivity index (χ2v) is 24.1. The van der Waals surface area contributed by atoms with Crippen molar-refractivity contribution in [2.45, 2.75) is 117 Å². The number of anilines is 3. The number of carbonyl (C=O) groups is 5. The van der Waals surface area contributed by atoms with E-state index in [1.807, 2.05) is 82.7 Å². The molecule has 0 aliphatic carbocycles. The number of hydrogen-bond acceptors (Lipinski definition) is 15. The number of hydrogen-bond donors (Lipinski definition) is 4. The second kappa shape index (κ2) is 28.5. The largest absolute Gasteiger partial charge is 0.417 e. The lowest BCUT2D eigenvalue weighted by Gasteiger charge is -2.44. The molecule has 0 unspecified atom stereocenters. The molecule has 0 spiro atoms. The van der Waals surface area contributed by atoms with Crippen LogP contribution in [0.2, 0.25) is 0 Å². The molecule has 5 aromatic rings. The summed E-state index contributed by atoms with van der Waals surface area (Å²) in [4.78, 5) is 90.8. The zero-order chi connectivity index (χ0) is 62.0. The lowest BCUT2D eigenvalue weighted by Crippen LogP contribution is -2.57. The summed E-state index contributed by atoms with van der Waals surface area (Å²) in [5, 5.41) is 19.0. The van der Waals surface area contributed by atoms with Gasteiger partial charge in [0.15, 0.2) is 0 Å². The predicted molar refractivity (Wildman–Crippen MR) is 316 cm³/mol. The van der Waals surface area contributed by atoms with E-state index in [-0.39, 0.29) is 111 Å². The third-order valence-electron chi connectivity index (χ3n) is 15.9. The van der Waals surface area contributed by atoms with Crippen LogP contribution in [-0.2, 0) is 41.4 Å². The van der Waals surface area contributed by atoms with E-state index < -0.39 is 64.4 Å². The Balaban J connectivity index is 0.732. The number of nitrogens with zero attached hydrogens (tertiary/aromatic N) is 8. The highest BCUT2D eigenvalue weighted by atomic mass is 32.1. The summed E-state index contributed by atoms with van der Waals surface area (Å²) in [5.41, 5.74) is 2.25. The van der Waals surface area contributed by atoms with Crippen LogP contribution in [-0.4, -0.2) is 174 Å². The van der Waals surface area contributed by atoms with E-state index in [9.17, 15) is 46.6 Å². The highest BCUT2D eigenvalue weighted by molar-refractivity contribution is 7.13. The number of β-amino-alcohol motifs (C(OH)–C–C–N with tert-alkyl or cyclic N) is 1. The molecule has 3 aliphatic rings. The fraction of sp³-hybridized carbons (Fsp3) is 0.508. The average Bonchev–Trinajstić information content (AvgIpc) is 2.22. The summed E-state index contributed by atoms with van der Waals surface area (Å²) >= 11 is 1.56. The van der Waals surface area contributed by atoms with Gasteiger partial charge < -0.3 is 50.1 Å². The second-order valence-electron chi connectivity index (χ2n) is 23.3. The number of rotatable bonds is 22. The first-order valence-corrected chi connectivity index (χ1v) is 29.8. The van der Waals surface area contributed by atoms with Gasteiger partial charge in [-0.25, -0.2) is 23.7 Å². The first-order valence-electron chi connectivity index (χ1n) is 28.9. The number of halogens is 5. The fourth-order valence-corrected chi connectivity index (χ4v) is 11.6. The number of aliphatic hydroxyl groups excluding tert-OH is 1. The Morgan fingerprint density at radius 2 is 1.45 bits per heavy atom. The summed E-state index contributed by atoms with van der Waals surface area (Å²) in [6.45, 7) is 15.3. The van der Waals surface area contributed by atoms with E-state index in [2.05, 4.69) is 35.8 Å². The Hall–Kier alpha value is -7.19. The predicted octanol–water partition coefficient (Wildman–Crippen LogP) is 7.70. The number of amides is 5. The van der Waals surface area contributed by atoms with E-state index >= 15 is 4.39 Å². The van der Waals surface area contributed by atoms with Gasteiger partial charge in [-0.15, -0.1) is 11.3 Å². The third-order valence-corrected chi connectivity index (χ3v) is 16.9. The lowest BCUT2D eigenvalue weighted by molar-refractivity contribution is -0.144. The zero-order valence-electron chi connectivity index (χ0n) is 49.5. The van der Waals surface area contributed by atoms with Gasteiger partial charge in [0.2, 0.25) is 29.6 Å². The molecule has 0 bridgehead atoms. The van der Waals surface area contributed by atoms with Crippen LogP contribution in [0.1, 0.15) is 93.9 Å². The standard InChI is InChI=1S/C61H76F5N11O8S/c1-37-33-76(34-38(2)73(37)7)50-29-48(63)46(28-49(50)71-56(81)45-17-16-43(62)26-47(45)61(64,65)66)42-31-68-59(69-32-42)75-20-18-74(19-21-75)53(80)11-9-23-85-25-24-84-22-8-10-52(79)72-55(60(4,5)6)58(83)77-35-44(78)27-51(77)57(82)67-30-40-12-14-41(15-13-40)54-39(3)70-36-86-54/h12-17,26,28-29,31-32,36-38,44,51,55,78H,8-11,18-25,27,30,33-35H2,1-7H3,(H,67,82)(H,71,81)(H,72,79)/t37-,38+,44-,51+,55-/m1/s1. The Morgan fingerprint density at radius 3 is 2.07 bits per heavy atom. The van der Waals surface area contributed by atoms with Crippen LogP contribution in [0.15, 0.2) is 72.5 Å². The number of aryl methyl sites for hydroxylation is 1. The topological polar surface area (TPSA) is 215 Å². The molecule has 3 aliphatic heterocycles. The lowest BCUT2D eigenvalue weighted by atomic mass is 9.85. The van der Waals surface area contributed by atoms with Gasteiger partial charge in [-0.2, -0.15) is 13.2 Å². The number of aromatic nitrogens is 3. The Kier molecular flexibility index (Phi) is 21.5. The minimum absolute atomic E-state index is 0.00888. The van der Waals surface area contributed by atoms with Crippen molar-refractivity contribution < 1.29 is 60.5 Å². The van der Waals surface area contributed by atoms with Gasteiger partial charge in [0.25, 0.3) is 5.91 Å². The molecule has 464 valence electrons. The molecule has 2 aromatic heterocycles. The molecule has 3 saturated heterocycles. The molecular formula is C61H76F5N11O8S. The first-order chi connectivity index (χ1) is 40.9. The van der Waals surface area contributed by atoms with Crippen molar-refractivity contribution in [2.75, 3.05) is 94.4 Å². The summed E-state index contributed by atoms with van der Waals surface area (Å²) in [6.07, 6.45) is -1.78. The summed E-state index contributed by atoms with van der Waals surface area (Å²) in [7, 11) is 1.96. The normalized spacial score (nSPS) is 18.9. The minimum Gasteiger partial charge on any atom is -0.391 e. The SMILES string of the molecule is Cc1ncsc1-c1ccc(CNC(=O)[C@@H]2C[C@@H](O)CN2C(=O)[C@@H](NC(=O)CCCOCCOCCCC(=O)N2CCN(c3ncc(-c4cc(NC(=O)c5ccc(F)cc5C(F)(F)F)c(N5C[C@@H](C)N(C)[C@@H](C)C5)cc4F)cn3)CC2)C(C)(C)C)cc1. The molecule has 86 heavy (non-hydrogen) atoms. The van der Waals surface area contributed by atoms with Crippen molar-refractivity contribution in [1.82, 2.24) is 40.3 Å². The molecule has 5 heterocycles. The molecule has 3 aromatic carbocycles. The number of ether oxygens (including phenoxy) is 2. The van der Waals surface area contributed by atoms with Crippen LogP contribution in [0.4, 0.5) is 39.3 Å². The maximum Gasteiger partial charge on any atom is 0.417 e. The highest BCUT2D eigenvalue weighted by Gasteiger charge is 2.45. The van der Waals surface area contributed by atoms with Crippen LogP contribution in [0.5, 0.6) is 0 Å². The number of piperazine rings is 2. The van der Waals surface area contributed by atoms with Crippen LogP contribution in [0.3, 0.4) is 0 Å². The van der Waals surface area contributed by atoms with Gasteiger partial charge in [0.05, 0.1) is 57.9 Å². The van der Waals surface area contributed by atoms with Crippen LogP contribution < -0.4 is 25.8 Å². The third kappa shape index (κ3) is 16.5. The molecule has 19 nitrogen and oxygen atoms in total. The van der Waals surface area contributed by atoms with Crippen LogP contribution in [0, 0.1) is 24.0 Å². The van der Waals surface area contributed by atoms with Gasteiger partial charge in [-0.1, -0.05) is 45.0 Å². The maximum absolute atomic E-state index is 16.2. The number of carbonyl (C=O) groups excluding carboxylic acids is 5. The fourth-order valence-electron chi connectivity index (χ4n) is 10.8. The van der Waals surface area contributed by atoms with Crippen molar-refractivity contribution in [3.05, 3.63) is 107 Å². The number of likely N-dealkylation sites (tertiary alicyclic amines) is 1. The van der Waals surface area contributed by atoms with Crippen molar-refractivity contribution in [1.29, 1.82) is 0 Å². The van der Waals surface area contributed by atoms with Gasteiger partial charge in [0, 0.05) is 120 Å². The Bertz CT molecular complexity index is 3160. The monoisotopic (exact) mass is 1220 g/mol. The van der Waals surface area contributed by atoms with Crippen molar-refractivity contribution in [2.24, 2.45) is 5.41 Å². The van der Waals surface area contributed by atoms with Crippen molar-refractivity contribution >= 4 is 58.2 Å². The first kappa shape index (κ1) is 64.8. The van der Waals surface area contributed by atoms with E-state index in [1.165, 1.54) is 29.4 Å². The zero-order valence-corrected chi connectivity index (χ0v) is 50.3. The van der Waals surface area contributed by atoms with Crippen molar-refractivity contribution in [3.8, 4) is 21.6 Å². The molecule has 25 heteroatoms. The molecule has 4 N–H and O–H groups in total. The number of likely N-dealkylation sites (N-methyl/N-ethyl adjacent to an activating group) is 1. The number of benzene rings is 3. The molecule has 3 fully saturated rings. The summed E-state index contributed by atoms with van der Waals surface area (Å²) < 4.78 is 83.5. The smallest absolute Gasteiger partial charge is 0.391 e. The highest BCUT2D eigenvalue weighted by Crippen LogP contribution is 2.38. The molecule has 8 rings (SSSR count). The number of aliphatic hydroxyl groups is 1. The van der Waals surface area contributed by atoms with E-state index in [0.717, 1.165) is 33.8 Å². The van der Waals surface area contributed by atoms with Gasteiger partial charge >= 0.3 is 6.18 Å². The Labute approximate surface area is 501 Å². The van der Waals surface area contributed by atoms with Gasteiger partial charge in [-0.05, 0) is 87.5 Å². The minimum atomic E-state index is -5.03. The van der Waals surface area contributed by atoms with Crippen molar-refractivity contribution in [3.63, 3.8) is 0 Å². The number of nitrogens with one attached hydrogen (secondary N) is 3. The number of alkyl halides is 3. The summed E-state index contributed by atoms with van der Waals surface area (Å²) in [6, 6.07) is 10.4. The summed E-state index contributed by atoms with van der Waals surface area (Å²) in [5.74, 6) is -3.85. The molecule has 5 atom stereocenters. The van der Waals surface area contributed by atoms with E-state index in [4.69, 9.17) is 9.47 Å². The maximum atomic E-state index is 16.2. The molecule has 5 amide bonds. The van der Waals surface area contributed by atoms with Crippen LogP contribution >= 0.6 is 11.3 Å². The molecule has 0 radical (unpaired) electrons. The molecular weight excluding hydrogens is 1140 g/mol. The van der Waals surface area contributed by atoms with E-state index in [1.54, 1.807) is 21.7 Å². The quantitative estimate of drug-likeness (QED) is 0.0386. The Morgan fingerprint density at radius 1 is 0.802 bits per heavy atom. The van der Waals surface area contributed by atoms with E-state index in [0.29, 0.717) is 64.7 Å². The average molecular weight is 1220 g/mol. The molecule has 0 saturated carbocycles. The van der Waals surface area contributed by atoms with Gasteiger partial charge in [-0.3, -0.25) is 28.9 Å².